The molecule has 0 aliphatic heterocycles. The van der Waals surface area contributed by atoms with Crippen molar-refractivity contribution < 1.29 is 0 Å². The van der Waals surface area contributed by atoms with Crippen molar-refractivity contribution in [2.75, 3.05) is 14.1 Å². The van der Waals surface area contributed by atoms with Gasteiger partial charge in [0.25, 0.3) is 0 Å². The Labute approximate surface area is 58.0 Å². The van der Waals surface area contributed by atoms with E-state index in [0.29, 0.717) is 0 Å². The van der Waals surface area contributed by atoms with Crippen LogP contribution in [-0.2, 0) is 0 Å². The van der Waals surface area contributed by atoms with Crippen molar-refractivity contribution in [2.24, 2.45) is 5.92 Å². The van der Waals surface area contributed by atoms with Crippen LogP contribution in [0.15, 0.2) is 0 Å². The fraction of sp³-hybridized carbons (Fsp3) is 1.00. The van der Waals surface area contributed by atoms with Gasteiger partial charge in [0, 0.05) is 6.04 Å². The van der Waals surface area contributed by atoms with Crippen molar-refractivity contribution in [1.82, 2.24) is 4.90 Å². The molecule has 54 valence electrons. The topological polar surface area (TPSA) is 3.24 Å². The minimum absolute atomic E-state index is 0.875. The first-order chi connectivity index (χ1) is 4.20. The summed E-state index contributed by atoms with van der Waals surface area (Å²) in [5, 5.41) is 0. The van der Waals surface area contributed by atoms with E-state index in [4.69, 9.17) is 0 Å². The van der Waals surface area contributed by atoms with Crippen LogP contribution in [0.1, 0.15) is 26.2 Å². The molecular weight excluding hydrogens is 110 g/mol. The molecule has 0 aromatic rings. The quantitative estimate of drug-likeness (QED) is 0.518. The summed E-state index contributed by atoms with van der Waals surface area (Å²) in [5.41, 5.74) is 0. The third-order valence-corrected chi connectivity index (χ3v) is 2.40. The maximum atomic E-state index is 2.35. The average molecular weight is 127 g/mol. The van der Waals surface area contributed by atoms with Crippen LogP contribution in [0.3, 0.4) is 0 Å². The number of hydrogen-bond acceptors (Lipinski definition) is 1. The molecule has 0 aromatic heterocycles. The van der Waals surface area contributed by atoms with Crippen LogP contribution >= 0.6 is 0 Å². The molecule has 1 aliphatic carbocycles. The van der Waals surface area contributed by atoms with Gasteiger partial charge in [0.1, 0.15) is 0 Å². The third-order valence-electron chi connectivity index (χ3n) is 2.40. The van der Waals surface area contributed by atoms with Crippen molar-refractivity contribution in [3.05, 3.63) is 0 Å². The van der Waals surface area contributed by atoms with E-state index in [1.54, 1.807) is 0 Å². The molecule has 2 unspecified atom stereocenters. The summed E-state index contributed by atoms with van der Waals surface area (Å²) in [7, 11) is 4.37. The molecule has 2 atom stereocenters. The largest absolute Gasteiger partial charge is 0.306 e. The average Bonchev–Trinajstić information content (AvgIpc) is 2.14. The highest BCUT2D eigenvalue weighted by Crippen LogP contribution is 2.26. The fourth-order valence-electron chi connectivity index (χ4n) is 1.65. The van der Waals surface area contributed by atoms with Crippen molar-refractivity contribution in [1.29, 1.82) is 0 Å². The summed E-state index contributed by atoms with van der Waals surface area (Å²) in [6, 6.07) is 0.875. The Bertz CT molecular complexity index is 88.6. The fourth-order valence-corrected chi connectivity index (χ4v) is 1.65. The number of rotatable bonds is 1. The molecule has 0 amide bonds. The van der Waals surface area contributed by atoms with Crippen LogP contribution in [-0.4, -0.2) is 25.0 Å². The Morgan fingerprint density at radius 1 is 1.22 bits per heavy atom. The van der Waals surface area contributed by atoms with Gasteiger partial charge in [0.15, 0.2) is 0 Å². The molecule has 0 N–H and O–H groups in total. The zero-order chi connectivity index (χ0) is 6.85. The Morgan fingerprint density at radius 2 is 1.89 bits per heavy atom. The molecule has 0 spiro atoms. The van der Waals surface area contributed by atoms with E-state index in [1.165, 1.54) is 19.3 Å². The highest BCUT2D eigenvalue weighted by Gasteiger charge is 2.21. The van der Waals surface area contributed by atoms with Gasteiger partial charge in [-0.3, -0.25) is 0 Å². The van der Waals surface area contributed by atoms with E-state index in [2.05, 4.69) is 25.9 Å². The van der Waals surface area contributed by atoms with E-state index >= 15 is 0 Å². The zero-order valence-corrected chi connectivity index (χ0v) is 6.72. The van der Waals surface area contributed by atoms with Crippen LogP contribution in [0.25, 0.3) is 0 Å². The molecule has 0 radical (unpaired) electrons. The summed E-state index contributed by atoms with van der Waals surface area (Å²) < 4.78 is 0. The van der Waals surface area contributed by atoms with Gasteiger partial charge in [0.05, 0.1) is 0 Å². The van der Waals surface area contributed by atoms with Gasteiger partial charge in [-0.15, -0.1) is 0 Å². The molecule has 0 heterocycles. The Balaban J connectivity index is 2.30. The normalized spacial score (nSPS) is 36.0. The van der Waals surface area contributed by atoms with E-state index in [9.17, 15) is 0 Å². The van der Waals surface area contributed by atoms with E-state index in [0.717, 1.165) is 12.0 Å². The van der Waals surface area contributed by atoms with Crippen LogP contribution in [0, 0.1) is 5.92 Å². The SMILES string of the molecule is CC1CCC(N(C)C)C1. The van der Waals surface area contributed by atoms with Crippen LogP contribution in [0.5, 0.6) is 0 Å². The molecule has 9 heavy (non-hydrogen) atoms. The predicted octanol–water partition coefficient (Wildman–Crippen LogP) is 1.74. The molecule has 1 aliphatic rings. The second-order valence-corrected chi connectivity index (χ2v) is 3.54. The molecule has 1 nitrogen and oxygen atoms in total. The summed E-state index contributed by atoms with van der Waals surface area (Å²) in [4.78, 5) is 2.35. The lowest BCUT2D eigenvalue weighted by atomic mass is 10.1. The van der Waals surface area contributed by atoms with Crippen molar-refractivity contribution in [3.8, 4) is 0 Å². The minimum Gasteiger partial charge on any atom is -0.306 e. The molecule has 1 saturated carbocycles. The van der Waals surface area contributed by atoms with Crippen molar-refractivity contribution >= 4 is 0 Å². The molecule has 0 saturated heterocycles. The molecule has 0 bridgehead atoms. The van der Waals surface area contributed by atoms with E-state index < -0.39 is 0 Å². The summed E-state index contributed by atoms with van der Waals surface area (Å²) in [6.07, 6.45) is 4.25. The van der Waals surface area contributed by atoms with Gasteiger partial charge >= 0.3 is 0 Å². The van der Waals surface area contributed by atoms with Crippen LogP contribution in [0.2, 0.25) is 0 Å². The van der Waals surface area contributed by atoms with Gasteiger partial charge in [-0.1, -0.05) is 6.92 Å². The van der Waals surface area contributed by atoms with Gasteiger partial charge in [-0.2, -0.15) is 0 Å². The first-order valence-electron chi connectivity index (χ1n) is 3.86. The number of nitrogens with zero attached hydrogens (tertiary/aromatic N) is 1. The van der Waals surface area contributed by atoms with Crippen LogP contribution < -0.4 is 0 Å². The second-order valence-electron chi connectivity index (χ2n) is 3.54. The highest BCUT2D eigenvalue weighted by molar-refractivity contribution is 4.77. The standard InChI is InChI=1S/C8H17N/c1-7-4-5-8(6-7)9(2)3/h7-8H,4-6H2,1-3H3. The molecule has 1 heteroatoms. The molecule has 1 fully saturated rings. The highest BCUT2D eigenvalue weighted by atomic mass is 15.1. The minimum atomic E-state index is 0.875. The van der Waals surface area contributed by atoms with Crippen molar-refractivity contribution in [3.63, 3.8) is 0 Å². The number of hydrogen-bond donors (Lipinski definition) is 0. The summed E-state index contributed by atoms with van der Waals surface area (Å²) in [5.74, 6) is 0.970. The first kappa shape index (κ1) is 7.07. The second kappa shape index (κ2) is 2.70. The zero-order valence-electron chi connectivity index (χ0n) is 6.72. The van der Waals surface area contributed by atoms with Gasteiger partial charge in [0.2, 0.25) is 0 Å². The Hall–Kier alpha value is -0.0400. The molecule has 1 rings (SSSR count). The van der Waals surface area contributed by atoms with Crippen LogP contribution in [0.4, 0.5) is 0 Å². The van der Waals surface area contributed by atoms with Gasteiger partial charge in [-0.05, 0) is 39.3 Å². The lowest BCUT2D eigenvalue weighted by molar-refractivity contribution is 0.293. The van der Waals surface area contributed by atoms with Gasteiger partial charge < -0.3 is 4.90 Å². The lowest BCUT2D eigenvalue weighted by Crippen LogP contribution is -2.24. The molecule has 0 aromatic carbocycles. The third kappa shape index (κ3) is 1.68. The maximum Gasteiger partial charge on any atom is 0.00918 e. The van der Waals surface area contributed by atoms with E-state index in [-0.39, 0.29) is 0 Å². The molecular formula is C8H17N. The first-order valence-corrected chi connectivity index (χ1v) is 3.86. The maximum absolute atomic E-state index is 2.35. The predicted molar refractivity (Wildman–Crippen MR) is 40.5 cm³/mol. The van der Waals surface area contributed by atoms with Crippen molar-refractivity contribution in [2.45, 2.75) is 32.2 Å². The monoisotopic (exact) mass is 127 g/mol. The summed E-state index contributed by atoms with van der Waals surface area (Å²) >= 11 is 0. The Morgan fingerprint density at radius 3 is 2.11 bits per heavy atom. The lowest BCUT2D eigenvalue weighted by Gasteiger charge is -2.17. The van der Waals surface area contributed by atoms with E-state index in [1.807, 2.05) is 0 Å². The van der Waals surface area contributed by atoms with Gasteiger partial charge in [-0.25, -0.2) is 0 Å². The summed E-state index contributed by atoms with van der Waals surface area (Å²) in [6.45, 7) is 2.35. The Kier molecular flexibility index (Phi) is 2.12. The smallest absolute Gasteiger partial charge is 0.00918 e.